The van der Waals surface area contributed by atoms with Gasteiger partial charge in [-0.2, -0.15) is 5.10 Å². The lowest BCUT2D eigenvalue weighted by atomic mass is 10.0. The molecule has 2 N–H and O–H groups in total. The van der Waals surface area contributed by atoms with Gasteiger partial charge in [0.25, 0.3) is 5.91 Å². The maximum Gasteiger partial charge on any atom is 0.275 e. The Balaban J connectivity index is 2.20. The Morgan fingerprint density at radius 1 is 1.14 bits per heavy atom. The highest BCUT2D eigenvalue weighted by atomic mass is 79.9. The summed E-state index contributed by atoms with van der Waals surface area (Å²) < 4.78 is 0.713. The standard InChI is InChI=1S/C17H17BrN2O2/c1-10-4-6-14(11(2)8-10)12(3)19-20-17(22)15-9-13(18)5-7-16(15)21/h4-9,21H,1-3H3,(H,20,22)/b19-12-. The summed E-state index contributed by atoms with van der Waals surface area (Å²) in [6.45, 7) is 5.86. The Morgan fingerprint density at radius 2 is 1.86 bits per heavy atom. The highest BCUT2D eigenvalue weighted by Gasteiger charge is 2.11. The van der Waals surface area contributed by atoms with Crippen molar-refractivity contribution in [2.75, 3.05) is 0 Å². The molecule has 0 fully saturated rings. The molecule has 0 unspecified atom stereocenters. The molecule has 114 valence electrons. The van der Waals surface area contributed by atoms with Gasteiger partial charge in [0.2, 0.25) is 0 Å². The van der Waals surface area contributed by atoms with Crippen molar-refractivity contribution in [3.63, 3.8) is 0 Å². The number of benzene rings is 2. The molecule has 0 radical (unpaired) electrons. The summed E-state index contributed by atoms with van der Waals surface area (Å²) in [5.74, 6) is -0.539. The van der Waals surface area contributed by atoms with Gasteiger partial charge in [0, 0.05) is 10.0 Å². The molecule has 0 bridgehead atoms. The van der Waals surface area contributed by atoms with Crippen LogP contribution in [0.4, 0.5) is 0 Å². The molecule has 0 aliphatic rings. The van der Waals surface area contributed by atoms with Gasteiger partial charge in [0.1, 0.15) is 5.75 Å². The van der Waals surface area contributed by atoms with Crippen LogP contribution in [0.5, 0.6) is 5.75 Å². The second-order valence-electron chi connectivity index (χ2n) is 5.12. The van der Waals surface area contributed by atoms with Crippen LogP contribution < -0.4 is 5.43 Å². The molecule has 0 aromatic heterocycles. The molecule has 0 saturated heterocycles. The highest BCUT2D eigenvalue weighted by Crippen LogP contribution is 2.21. The van der Waals surface area contributed by atoms with E-state index < -0.39 is 5.91 Å². The fraction of sp³-hybridized carbons (Fsp3) is 0.176. The fourth-order valence-corrected chi connectivity index (χ4v) is 2.53. The number of hydrogen-bond acceptors (Lipinski definition) is 3. The van der Waals surface area contributed by atoms with E-state index in [0.717, 1.165) is 11.1 Å². The van der Waals surface area contributed by atoms with Crippen LogP contribution in [0, 0.1) is 13.8 Å². The first-order valence-corrected chi connectivity index (χ1v) is 7.58. The molecule has 1 amide bonds. The van der Waals surface area contributed by atoms with Crippen molar-refractivity contribution in [2.45, 2.75) is 20.8 Å². The molecule has 0 aliphatic heterocycles. The molecule has 0 saturated carbocycles. The van der Waals surface area contributed by atoms with Gasteiger partial charge in [-0.3, -0.25) is 4.79 Å². The monoisotopic (exact) mass is 360 g/mol. The summed E-state index contributed by atoms with van der Waals surface area (Å²) in [7, 11) is 0. The number of nitrogens with zero attached hydrogens (tertiary/aromatic N) is 1. The number of rotatable bonds is 3. The molecular formula is C17H17BrN2O2. The zero-order chi connectivity index (χ0) is 16.3. The van der Waals surface area contributed by atoms with Crippen molar-refractivity contribution in [3.05, 3.63) is 63.1 Å². The Labute approximate surface area is 138 Å². The zero-order valence-electron chi connectivity index (χ0n) is 12.6. The van der Waals surface area contributed by atoms with Crippen LogP contribution in [0.3, 0.4) is 0 Å². The van der Waals surface area contributed by atoms with E-state index in [1.54, 1.807) is 12.1 Å². The van der Waals surface area contributed by atoms with E-state index in [4.69, 9.17) is 0 Å². The van der Waals surface area contributed by atoms with E-state index in [1.807, 2.05) is 32.9 Å². The van der Waals surface area contributed by atoms with E-state index in [9.17, 15) is 9.90 Å². The van der Waals surface area contributed by atoms with Crippen LogP contribution >= 0.6 is 15.9 Å². The minimum Gasteiger partial charge on any atom is -0.507 e. The summed E-state index contributed by atoms with van der Waals surface area (Å²) in [5, 5.41) is 13.9. The first-order chi connectivity index (χ1) is 10.4. The molecule has 5 heteroatoms. The number of carbonyl (C=O) groups is 1. The predicted octanol–water partition coefficient (Wildman–Crippen LogP) is 3.93. The van der Waals surface area contributed by atoms with Crippen LogP contribution in [0.25, 0.3) is 0 Å². The number of carbonyl (C=O) groups excluding carboxylic acids is 1. The molecule has 0 aliphatic carbocycles. The van der Waals surface area contributed by atoms with Gasteiger partial charge < -0.3 is 5.11 Å². The van der Waals surface area contributed by atoms with E-state index >= 15 is 0 Å². The average molecular weight is 361 g/mol. The van der Waals surface area contributed by atoms with Crippen molar-refractivity contribution in [1.82, 2.24) is 5.43 Å². The van der Waals surface area contributed by atoms with Gasteiger partial charge in [0.15, 0.2) is 0 Å². The Morgan fingerprint density at radius 3 is 2.55 bits per heavy atom. The largest absolute Gasteiger partial charge is 0.507 e. The first-order valence-electron chi connectivity index (χ1n) is 6.79. The third-order valence-electron chi connectivity index (χ3n) is 3.30. The number of hydrogen-bond donors (Lipinski definition) is 2. The second kappa shape index (κ2) is 6.75. The predicted molar refractivity (Wildman–Crippen MR) is 91.4 cm³/mol. The topological polar surface area (TPSA) is 61.7 Å². The molecule has 0 atom stereocenters. The quantitative estimate of drug-likeness (QED) is 0.643. The summed E-state index contributed by atoms with van der Waals surface area (Å²) >= 11 is 3.27. The number of amides is 1. The van der Waals surface area contributed by atoms with E-state index in [2.05, 4.69) is 32.5 Å². The Bertz CT molecular complexity index is 754. The number of halogens is 1. The van der Waals surface area contributed by atoms with E-state index in [1.165, 1.54) is 11.6 Å². The third kappa shape index (κ3) is 3.74. The van der Waals surface area contributed by atoms with Crippen LogP contribution in [-0.2, 0) is 0 Å². The van der Waals surface area contributed by atoms with Gasteiger partial charge in [-0.15, -0.1) is 0 Å². The van der Waals surface area contributed by atoms with Gasteiger partial charge in [-0.1, -0.05) is 39.7 Å². The maximum absolute atomic E-state index is 12.1. The molecule has 4 nitrogen and oxygen atoms in total. The average Bonchev–Trinajstić information content (AvgIpc) is 2.47. The van der Waals surface area contributed by atoms with Gasteiger partial charge in [-0.25, -0.2) is 5.43 Å². The zero-order valence-corrected chi connectivity index (χ0v) is 14.2. The molecule has 2 aromatic rings. The normalized spacial score (nSPS) is 11.4. The summed E-state index contributed by atoms with van der Waals surface area (Å²) in [6.07, 6.45) is 0. The summed E-state index contributed by atoms with van der Waals surface area (Å²) in [5.41, 5.74) is 6.61. The van der Waals surface area contributed by atoms with Crippen molar-refractivity contribution >= 4 is 27.5 Å². The fourth-order valence-electron chi connectivity index (χ4n) is 2.16. The van der Waals surface area contributed by atoms with Crippen LogP contribution in [0.2, 0.25) is 0 Å². The van der Waals surface area contributed by atoms with Crippen molar-refractivity contribution in [2.24, 2.45) is 5.10 Å². The van der Waals surface area contributed by atoms with Crippen molar-refractivity contribution in [3.8, 4) is 5.75 Å². The minimum atomic E-state index is -0.456. The van der Waals surface area contributed by atoms with Crippen molar-refractivity contribution < 1.29 is 9.90 Å². The van der Waals surface area contributed by atoms with Crippen molar-refractivity contribution in [1.29, 1.82) is 0 Å². The maximum atomic E-state index is 12.1. The molecule has 2 rings (SSSR count). The number of phenols is 1. The molecule has 2 aromatic carbocycles. The lowest BCUT2D eigenvalue weighted by Gasteiger charge is -2.08. The first kappa shape index (κ1) is 16.2. The van der Waals surface area contributed by atoms with Gasteiger partial charge in [0.05, 0.1) is 11.3 Å². The minimum absolute atomic E-state index is 0.0833. The number of aromatic hydroxyl groups is 1. The summed E-state index contributed by atoms with van der Waals surface area (Å²) in [4.78, 5) is 12.1. The molecule has 0 heterocycles. The Kier molecular flexibility index (Phi) is 4.98. The smallest absolute Gasteiger partial charge is 0.275 e. The molecular weight excluding hydrogens is 344 g/mol. The lowest BCUT2D eigenvalue weighted by Crippen LogP contribution is -2.19. The number of nitrogens with one attached hydrogen (secondary N) is 1. The lowest BCUT2D eigenvalue weighted by molar-refractivity contribution is 0.0952. The van der Waals surface area contributed by atoms with Gasteiger partial charge >= 0.3 is 0 Å². The van der Waals surface area contributed by atoms with E-state index in [0.29, 0.717) is 10.2 Å². The number of phenolic OH excluding ortho intramolecular Hbond substituents is 1. The second-order valence-corrected chi connectivity index (χ2v) is 6.03. The van der Waals surface area contributed by atoms with E-state index in [-0.39, 0.29) is 11.3 Å². The van der Waals surface area contributed by atoms with Crippen LogP contribution in [0.1, 0.15) is 34.0 Å². The SMILES string of the molecule is C/C(=N/NC(=O)c1cc(Br)ccc1O)c1ccc(C)cc1C. The molecule has 22 heavy (non-hydrogen) atoms. The van der Waals surface area contributed by atoms with Crippen LogP contribution in [-0.4, -0.2) is 16.7 Å². The number of aryl methyl sites for hydroxylation is 2. The third-order valence-corrected chi connectivity index (χ3v) is 3.79. The summed E-state index contributed by atoms with van der Waals surface area (Å²) in [6, 6.07) is 10.7. The molecule has 0 spiro atoms. The number of hydrazone groups is 1. The Hall–Kier alpha value is -2.14. The van der Waals surface area contributed by atoms with Crippen LogP contribution in [0.15, 0.2) is 46.0 Å². The van der Waals surface area contributed by atoms with Gasteiger partial charge in [-0.05, 0) is 44.5 Å². The highest BCUT2D eigenvalue weighted by molar-refractivity contribution is 9.10.